The molecule has 1 aromatic carbocycles. The van der Waals surface area contributed by atoms with E-state index in [-0.39, 0.29) is 43.3 Å². The van der Waals surface area contributed by atoms with Gasteiger partial charge >= 0.3 is 0 Å². The molecule has 0 saturated carbocycles. The Morgan fingerprint density at radius 3 is 2.32 bits per heavy atom. The van der Waals surface area contributed by atoms with Gasteiger partial charge in [-0.3, -0.25) is 14.9 Å². The van der Waals surface area contributed by atoms with Crippen LogP contribution in [0, 0.1) is 17.0 Å². The molecule has 1 aliphatic rings. The highest BCUT2D eigenvalue weighted by atomic mass is 32.2. The maximum atomic E-state index is 12.4. The molecule has 1 aliphatic heterocycles. The predicted octanol–water partition coefficient (Wildman–Crippen LogP) is 0.621. The van der Waals surface area contributed by atoms with Crippen LogP contribution in [0.1, 0.15) is 15.9 Å². The highest BCUT2D eigenvalue weighted by Crippen LogP contribution is 2.20. The lowest BCUT2D eigenvalue weighted by atomic mass is 10.1. The summed E-state index contributed by atoms with van der Waals surface area (Å²) in [7, 11) is -3.26. The summed E-state index contributed by atoms with van der Waals surface area (Å²) in [5, 5.41) is 10.9. The van der Waals surface area contributed by atoms with E-state index in [9.17, 15) is 23.3 Å². The van der Waals surface area contributed by atoms with Gasteiger partial charge in [0, 0.05) is 43.4 Å². The molecule has 0 spiro atoms. The van der Waals surface area contributed by atoms with E-state index in [2.05, 4.69) is 0 Å². The fraction of sp³-hybridized carbons (Fsp3) is 0.462. The second kappa shape index (κ2) is 6.01. The lowest BCUT2D eigenvalue weighted by molar-refractivity contribution is -0.385. The minimum absolute atomic E-state index is 0.0966. The third kappa shape index (κ3) is 3.42. The molecule has 8 nitrogen and oxygen atoms in total. The van der Waals surface area contributed by atoms with Crippen LogP contribution >= 0.6 is 0 Å². The number of benzene rings is 1. The number of carbonyl (C=O) groups excluding carboxylic acids is 1. The van der Waals surface area contributed by atoms with Crippen LogP contribution in [0.15, 0.2) is 18.2 Å². The van der Waals surface area contributed by atoms with E-state index in [4.69, 9.17) is 0 Å². The number of nitro benzene ring substituents is 1. The van der Waals surface area contributed by atoms with Crippen molar-refractivity contribution < 1.29 is 18.1 Å². The molecule has 0 bridgehead atoms. The fourth-order valence-electron chi connectivity index (χ4n) is 2.34. The number of nitrogens with zero attached hydrogens (tertiary/aromatic N) is 3. The van der Waals surface area contributed by atoms with Crippen molar-refractivity contribution in [3.8, 4) is 0 Å². The predicted molar refractivity (Wildman–Crippen MR) is 80.2 cm³/mol. The summed E-state index contributed by atoms with van der Waals surface area (Å²) in [5.74, 6) is -0.323. The molecule has 0 aliphatic carbocycles. The average Bonchev–Trinajstić information content (AvgIpc) is 2.46. The van der Waals surface area contributed by atoms with Crippen molar-refractivity contribution in [2.45, 2.75) is 6.92 Å². The van der Waals surface area contributed by atoms with Gasteiger partial charge in [0.25, 0.3) is 11.6 Å². The van der Waals surface area contributed by atoms with Gasteiger partial charge in [-0.2, -0.15) is 4.31 Å². The minimum atomic E-state index is -3.26. The summed E-state index contributed by atoms with van der Waals surface area (Å²) in [5.41, 5.74) is 0.633. The van der Waals surface area contributed by atoms with E-state index in [1.165, 1.54) is 21.3 Å². The molecule has 22 heavy (non-hydrogen) atoms. The first kappa shape index (κ1) is 16.4. The van der Waals surface area contributed by atoms with Crippen molar-refractivity contribution in [1.82, 2.24) is 9.21 Å². The molecule has 1 fully saturated rings. The van der Waals surface area contributed by atoms with Gasteiger partial charge in [-0.05, 0) is 13.0 Å². The van der Waals surface area contributed by atoms with Gasteiger partial charge in [-0.25, -0.2) is 8.42 Å². The van der Waals surface area contributed by atoms with Crippen molar-refractivity contribution in [1.29, 1.82) is 0 Å². The molecular formula is C13H17N3O5S. The molecule has 1 amide bonds. The second-order valence-corrected chi connectivity index (χ2v) is 7.20. The molecule has 9 heteroatoms. The van der Waals surface area contributed by atoms with Gasteiger partial charge in [-0.1, -0.05) is 6.07 Å². The van der Waals surface area contributed by atoms with E-state index in [1.807, 2.05) is 0 Å². The second-order valence-electron chi connectivity index (χ2n) is 5.21. The van der Waals surface area contributed by atoms with E-state index in [0.29, 0.717) is 5.56 Å². The SMILES string of the molecule is Cc1ccc(C(=O)N2CCN(S(C)(=O)=O)CC2)cc1[N+](=O)[O-]. The maximum Gasteiger partial charge on any atom is 0.273 e. The van der Waals surface area contributed by atoms with Crippen molar-refractivity contribution in [2.24, 2.45) is 0 Å². The zero-order valence-electron chi connectivity index (χ0n) is 12.4. The van der Waals surface area contributed by atoms with Crippen molar-refractivity contribution >= 4 is 21.6 Å². The van der Waals surface area contributed by atoms with Crippen LogP contribution < -0.4 is 0 Å². The lowest BCUT2D eigenvalue weighted by Crippen LogP contribution is -2.50. The van der Waals surface area contributed by atoms with Crippen LogP contribution in [0.3, 0.4) is 0 Å². The number of carbonyl (C=O) groups is 1. The largest absolute Gasteiger partial charge is 0.336 e. The molecule has 0 radical (unpaired) electrons. The maximum absolute atomic E-state index is 12.4. The molecule has 0 unspecified atom stereocenters. The van der Waals surface area contributed by atoms with Gasteiger partial charge in [0.1, 0.15) is 0 Å². The lowest BCUT2D eigenvalue weighted by Gasteiger charge is -2.33. The summed E-state index contributed by atoms with van der Waals surface area (Å²) in [4.78, 5) is 24.3. The summed E-state index contributed by atoms with van der Waals surface area (Å²) in [6.45, 7) is 2.62. The molecule has 0 N–H and O–H groups in total. The Bertz CT molecular complexity index is 708. The van der Waals surface area contributed by atoms with E-state index < -0.39 is 14.9 Å². The van der Waals surface area contributed by atoms with Crippen LogP contribution in [-0.2, 0) is 10.0 Å². The monoisotopic (exact) mass is 327 g/mol. The van der Waals surface area contributed by atoms with Gasteiger partial charge in [-0.15, -0.1) is 0 Å². The van der Waals surface area contributed by atoms with Gasteiger partial charge in [0.05, 0.1) is 11.2 Å². The van der Waals surface area contributed by atoms with Crippen LogP contribution in [0.4, 0.5) is 5.69 Å². The van der Waals surface area contributed by atoms with Crippen LogP contribution in [0.25, 0.3) is 0 Å². The Morgan fingerprint density at radius 2 is 1.82 bits per heavy atom. The van der Waals surface area contributed by atoms with E-state index in [1.54, 1.807) is 13.0 Å². The number of nitro groups is 1. The number of hydrogen-bond acceptors (Lipinski definition) is 5. The van der Waals surface area contributed by atoms with Gasteiger partial charge in [0.2, 0.25) is 10.0 Å². The third-order valence-corrected chi connectivity index (χ3v) is 4.95. The Kier molecular flexibility index (Phi) is 4.47. The summed E-state index contributed by atoms with van der Waals surface area (Å²) in [6, 6.07) is 4.35. The van der Waals surface area contributed by atoms with Crippen LogP contribution in [0.5, 0.6) is 0 Å². The Morgan fingerprint density at radius 1 is 1.23 bits per heavy atom. The molecule has 1 aromatic rings. The number of aryl methyl sites for hydroxylation is 1. The highest BCUT2D eigenvalue weighted by Gasteiger charge is 2.27. The van der Waals surface area contributed by atoms with Crippen molar-refractivity contribution in [3.05, 3.63) is 39.4 Å². The van der Waals surface area contributed by atoms with Gasteiger partial charge < -0.3 is 4.90 Å². The standard InChI is InChI=1S/C13H17N3O5S/c1-10-3-4-11(9-12(10)16(18)19)13(17)14-5-7-15(8-6-14)22(2,20)21/h3-4,9H,5-8H2,1-2H3. The molecule has 0 aromatic heterocycles. The molecule has 1 heterocycles. The Balaban J connectivity index is 2.14. The number of rotatable bonds is 3. The summed E-state index contributed by atoms with van der Waals surface area (Å²) in [6.07, 6.45) is 1.13. The zero-order chi connectivity index (χ0) is 16.5. The van der Waals surface area contributed by atoms with Crippen molar-refractivity contribution in [2.75, 3.05) is 32.4 Å². The summed E-state index contributed by atoms with van der Waals surface area (Å²) < 4.78 is 24.2. The first-order valence-corrected chi connectivity index (χ1v) is 8.54. The van der Waals surface area contributed by atoms with Crippen LogP contribution in [-0.4, -0.2) is 60.9 Å². The van der Waals surface area contributed by atoms with E-state index >= 15 is 0 Å². The molecule has 2 rings (SSSR count). The van der Waals surface area contributed by atoms with E-state index in [0.717, 1.165) is 6.26 Å². The number of piperazine rings is 1. The number of amides is 1. The molecular weight excluding hydrogens is 310 g/mol. The van der Waals surface area contributed by atoms with Gasteiger partial charge in [0.15, 0.2) is 0 Å². The molecule has 120 valence electrons. The normalized spacial score (nSPS) is 16.5. The minimum Gasteiger partial charge on any atom is -0.336 e. The first-order chi connectivity index (χ1) is 10.2. The number of hydrogen-bond donors (Lipinski definition) is 0. The molecule has 0 atom stereocenters. The Hall–Kier alpha value is -2.00. The van der Waals surface area contributed by atoms with Crippen LogP contribution in [0.2, 0.25) is 0 Å². The third-order valence-electron chi connectivity index (χ3n) is 3.65. The zero-order valence-corrected chi connectivity index (χ0v) is 13.2. The Labute approximate surface area is 128 Å². The highest BCUT2D eigenvalue weighted by molar-refractivity contribution is 7.88. The molecule has 1 saturated heterocycles. The quantitative estimate of drug-likeness (QED) is 0.598. The number of sulfonamides is 1. The average molecular weight is 327 g/mol. The smallest absolute Gasteiger partial charge is 0.273 e. The topological polar surface area (TPSA) is 101 Å². The first-order valence-electron chi connectivity index (χ1n) is 6.69. The summed E-state index contributed by atoms with van der Waals surface area (Å²) >= 11 is 0. The fourth-order valence-corrected chi connectivity index (χ4v) is 3.17. The van der Waals surface area contributed by atoms with Crippen molar-refractivity contribution in [3.63, 3.8) is 0 Å².